The van der Waals surface area contributed by atoms with Crippen molar-refractivity contribution >= 4 is 23.2 Å². The molecule has 3 nitrogen and oxygen atoms in total. The lowest BCUT2D eigenvalue weighted by molar-refractivity contribution is -0.117. The van der Waals surface area contributed by atoms with Crippen LogP contribution in [-0.2, 0) is 9.53 Å². The standard InChI is InChI=1S/C16H15ClFNO2/c1-21-9-8-16(20)19-15-7-6-13(18)10-14(15)11-2-4-12(17)5-3-11/h2-7,10H,8-9H2,1H3,(H,19,20). The van der Waals surface area contributed by atoms with Crippen molar-refractivity contribution in [2.75, 3.05) is 19.0 Å². The molecule has 0 saturated heterocycles. The molecule has 0 atom stereocenters. The van der Waals surface area contributed by atoms with Crippen LogP contribution in [0.3, 0.4) is 0 Å². The van der Waals surface area contributed by atoms with Crippen LogP contribution in [0.1, 0.15) is 6.42 Å². The van der Waals surface area contributed by atoms with Crippen LogP contribution >= 0.6 is 11.6 Å². The maximum Gasteiger partial charge on any atom is 0.226 e. The molecule has 0 aromatic heterocycles. The Morgan fingerprint density at radius 3 is 2.62 bits per heavy atom. The van der Waals surface area contributed by atoms with Gasteiger partial charge in [-0.05, 0) is 35.9 Å². The second-order valence-electron chi connectivity index (χ2n) is 4.49. The lowest BCUT2D eigenvalue weighted by Crippen LogP contribution is -2.14. The van der Waals surface area contributed by atoms with Gasteiger partial charge in [0.2, 0.25) is 5.91 Å². The van der Waals surface area contributed by atoms with Crippen molar-refractivity contribution in [1.82, 2.24) is 0 Å². The minimum absolute atomic E-state index is 0.182. The summed E-state index contributed by atoms with van der Waals surface area (Å²) < 4.78 is 18.4. The average molecular weight is 308 g/mol. The maximum atomic E-state index is 13.5. The number of rotatable bonds is 5. The molecule has 2 aromatic rings. The Morgan fingerprint density at radius 1 is 1.24 bits per heavy atom. The first-order valence-electron chi connectivity index (χ1n) is 6.44. The Morgan fingerprint density at radius 2 is 1.95 bits per heavy atom. The highest BCUT2D eigenvalue weighted by Gasteiger charge is 2.10. The molecule has 0 saturated carbocycles. The van der Waals surface area contributed by atoms with Crippen molar-refractivity contribution in [1.29, 1.82) is 0 Å². The molecule has 2 aromatic carbocycles. The zero-order valence-electron chi connectivity index (χ0n) is 11.5. The van der Waals surface area contributed by atoms with Crippen LogP contribution in [0.5, 0.6) is 0 Å². The number of anilines is 1. The zero-order valence-corrected chi connectivity index (χ0v) is 12.3. The number of nitrogens with one attached hydrogen (secondary N) is 1. The van der Waals surface area contributed by atoms with Gasteiger partial charge in [-0.3, -0.25) is 4.79 Å². The number of methoxy groups -OCH3 is 1. The third kappa shape index (κ3) is 4.28. The number of amides is 1. The summed E-state index contributed by atoms with van der Waals surface area (Å²) in [5.41, 5.74) is 1.94. The van der Waals surface area contributed by atoms with Crippen molar-refractivity contribution in [3.05, 3.63) is 53.3 Å². The number of ether oxygens (including phenoxy) is 1. The van der Waals surface area contributed by atoms with Gasteiger partial charge in [0.15, 0.2) is 0 Å². The van der Waals surface area contributed by atoms with E-state index in [2.05, 4.69) is 5.32 Å². The first-order chi connectivity index (χ1) is 10.1. The normalized spacial score (nSPS) is 10.4. The van der Waals surface area contributed by atoms with Crippen LogP contribution in [0.4, 0.5) is 10.1 Å². The number of carbonyl (C=O) groups is 1. The van der Waals surface area contributed by atoms with E-state index in [1.807, 2.05) is 0 Å². The molecule has 21 heavy (non-hydrogen) atoms. The topological polar surface area (TPSA) is 38.3 Å². The molecule has 0 radical (unpaired) electrons. The smallest absolute Gasteiger partial charge is 0.226 e. The molecular weight excluding hydrogens is 293 g/mol. The van der Waals surface area contributed by atoms with Gasteiger partial charge in [-0.25, -0.2) is 4.39 Å². The number of carbonyl (C=O) groups excluding carboxylic acids is 1. The van der Waals surface area contributed by atoms with Gasteiger partial charge in [0.25, 0.3) is 0 Å². The van der Waals surface area contributed by atoms with Gasteiger partial charge in [-0.15, -0.1) is 0 Å². The molecule has 0 aliphatic rings. The third-order valence-electron chi connectivity index (χ3n) is 2.94. The summed E-state index contributed by atoms with van der Waals surface area (Å²) in [7, 11) is 1.53. The summed E-state index contributed by atoms with van der Waals surface area (Å²) in [5.74, 6) is -0.548. The van der Waals surface area contributed by atoms with Gasteiger partial charge < -0.3 is 10.1 Å². The summed E-state index contributed by atoms with van der Waals surface area (Å²) in [5, 5.41) is 3.37. The number of hydrogen-bond acceptors (Lipinski definition) is 2. The van der Waals surface area contributed by atoms with Crippen molar-refractivity contribution < 1.29 is 13.9 Å². The fraction of sp³-hybridized carbons (Fsp3) is 0.188. The number of halogens is 2. The predicted molar refractivity (Wildman–Crippen MR) is 82.0 cm³/mol. The highest BCUT2D eigenvalue weighted by molar-refractivity contribution is 6.30. The molecule has 5 heteroatoms. The van der Waals surface area contributed by atoms with E-state index in [1.165, 1.54) is 19.2 Å². The minimum atomic E-state index is -0.366. The highest BCUT2D eigenvalue weighted by Crippen LogP contribution is 2.30. The Hall–Kier alpha value is -1.91. The van der Waals surface area contributed by atoms with E-state index in [9.17, 15) is 9.18 Å². The summed E-state index contributed by atoms with van der Waals surface area (Å²) in [6, 6.07) is 11.2. The molecule has 0 spiro atoms. The molecule has 110 valence electrons. The van der Waals surface area contributed by atoms with Crippen LogP contribution in [0.25, 0.3) is 11.1 Å². The molecule has 0 unspecified atom stereocenters. The molecule has 0 bridgehead atoms. The molecule has 1 amide bonds. The first-order valence-corrected chi connectivity index (χ1v) is 6.82. The highest BCUT2D eigenvalue weighted by atomic mass is 35.5. The minimum Gasteiger partial charge on any atom is -0.384 e. The van der Waals surface area contributed by atoms with Crippen LogP contribution < -0.4 is 5.32 Å². The number of benzene rings is 2. The van der Waals surface area contributed by atoms with Crippen molar-refractivity contribution in [3.63, 3.8) is 0 Å². The van der Waals surface area contributed by atoms with E-state index in [1.54, 1.807) is 30.3 Å². The van der Waals surface area contributed by atoms with Crippen LogP contribution in [-0.4, -0.2) is 19.6 Å². The summed E-state index contributed by atoms with van der Waals surface area (Å²) in [4.78, 5) is 11.8. The van der Waals surface area contributed by atoms with Crippen molar-refractivity contribution in [3.8, 4) is 11.1 Å². The molecule has 0 fully saturated rings. The van der Waals surface area contributed by atoms with E-state index < -0.39 is 0 Å². The van der Waals surface area contributed by atoms with E-state index in [0.29, 0.717) is 22.9 Å². The fourth-order valence-corrected chi connectivity index (χ4v) is 2.03. The summed E-state index contributed by atoms with van der Waals surface area (Å²) in [6.07, 6.45) is 0.244. The second-order valence-corrected chi connectivity index (χ2v) is 4.92. The predicted octanol–water partition coefficient (Wildman–Crippen LogP) is 4.12. The van der Waals surface area contributed by atoms with Crippen LogP contribution in [0.2, 0.25) is 5.02 Å². The van der Waals surface area contributed by atoms with Crippen molar-refractivity contribution in [2.45, 2.75) is 6.42 Å². The van der Waals surface area contributed by atoms with E-state index >= 15 is 0 Å². The second kappa shape index (κ2) is 7.20. The largest absolute Gasteiger partial charge is 0.384 e. The Labute approximate surface area is 127 Å². The van der Waals surface area contributed by atoms with Gasteiger partial charge in [0.1, 0.15) is 5.82 Å². The molecule has 0 aliphatic heterocycles. The Kier molecular flexibility index (Phi) is 5.31. The molecule has 0 aliphatic carbocycles. The quantitative estimate of drug-likeness (QED) is 0.902. The van der Waals surface area contributed by atoms with E-state index in [4.69, 9.17) is 16.3 Å². The SMILES string of the molecule is COCCC(=O)Nc1ccc(F)cc1-c1ccc(Cl)cc1. The zero-order chi connectivity index (χ0) is 15.2. The molecular formula is C16H15ClFNO2. The van der Waals surface area contributed by atoms with E-state index in [-0.39, 0.29) is 18.1 Å². The molecule has 0 heterocycles. The van der Waals surface area contributed by atoms with Gasteiger partial charge >= 0.3 is 0 Å². The van der Waals surface area contributed by atoms with E-state index in [0.717, 1.165) is 5.56 Å². The Bertz CT molecular complexity index is 629. The summed E-state index contributed by atoms with van der Waals surface area (Å²) in [6.45, 7) is 0.337. The maximum absolute atomic E-state index is 13.5. The lowest BCUT2D eigenvalue weighted by Gasteiger charge is -2.12. The molecule has 2 rings (SSSR count). The molecule has 1 N–H and O–H groups in total. The number of hydrogen-bond donors (Lipinski definition) is 1. The van der Waals surface area contributed by atoms with Crippen LogP contribution in [0, 0.1) is 5.82 Å². The van der Waals surface area contributed by atoms with Crippen LogP contribution in [0.15, 0.2) is 42.5 Å². The third-order valence-corrected chi connectivity index (χ3v) is 3.20. The first kappa shape index (κ1) is 15.5. The van der Waals surface area contributed by atoms with Gasteiger partial charge in [-0.2, -0.15) is 0 Å². The average Bonchev–Trinajstić information content (AvgIpc) is 2.48. The lowest BCUT2D eigenvalue weighted by atomic mass is 10.0. The van der Waals surface area contributed by atoms with Gasteiger partial charge in [0.05, 0.1) is 13.0 Å². The fourth-order valence-electron chi connectivity index (χ4n) is 1.90. The monoisotopic (exact) mass is 307 g/mol. The summed E-state index contributed by atoms with van der Waals surface area (Å²) >= 11 is 5.85. The van der Waals surface area contributed by atoms with Gasteiger partial charge in [0, 0.05) is 23.4 Å². The Balaban J connectivity index is 2.29. The van der Waals surface area contributed by atoms with Crippen molar-refractivity contribution in [2.24, 2.45) is 0 Å². The van der Waals surface area contributed by atoms with Gasteiger partial charge in [-0.1, -0.05) is 23.7 Å².